The van der Waals surface area contributed by atoms with Crippen molar-refractivity contribution < 1.29 is 9.53 Å². The van der Waals surface area contributed by atoms with Crippen LogP contribution in [0.5, 0.6) is 0 Å². The number of anilines is 1. The summed E-state index contributed by atoms with van der Waals surface area (Å²) in [4.78, 5) is 10.9. The van der Waals surface area contributed by atoms with E-state index >= 15 is 0 Å². The first kappa shape index (κ1) is 7.02. The van der Waals surface area contributed by atoms with Gasteiger partial charge in [-0.2, -0.15) is 5.10 Å². The highest BCUT2D eigenvalue weighted by Crippen LogP contribution is 2.24. The number of aromatic nitrogens is 2. The number of cyclic esters (lactones) is 1. The molecular formula is C7H7N3O2. The van der Waals surface area contributed by atoms with Gasteiger partial charge in [-0.25, -0.2) is 4.79 Å². The fourth-order valence-electron chi connectivity index (χ4n) is 1.10. The number of fused-ring (bicyclic) bond motifs is 1. The molecule has 0 aliphatic carbocycles. The van der Waals surface area contributed by atoms with Crippen molar-refractivity contribution in [2.24, 2.45) is 0 Å². The molecule has 0 fully saturated rings. The minimum absolute atomic E-state index is 0.219. The van der Waals surface area contributed by atoms with Gasteiger partial charge in [0.25, 0.3) is 0 Å². The molecule has 1 aromatic heterocycles. The van der Waals surface area contributed by atoms with Crippen molar-refractivity contribution in [1.82, 2.24) is 10.2 Å². The highest BCUT2D eigenvalue weighted by molar-refractivity contribution is 5.92. The summed E-state index contributed by atoms with van der Waals surface area (Å²) in [5, 5.41) is 7.42. The number of ether oxygens (including phenoxy) is 1. The van der Waals surface area contributed by atoms with Gasteiger partial charge in [0.05, 0.1) is 11.4 Å². The molecule has 5 nitrogen and oxygen atoms in total. The van der Waals surface area contributed by atoms with Crippen molar-refractivity contribution in [2.75, 3.05) is 5.73 Å². The van der Waals surface area contributed by atoms with E-state index in [4.69, 9.17) is 10.5 Å². The largest absolute Gasteiger partial charge is 0.456 e. The lowest BCUT2D eigenvalue weighted by Gasteiger charge is -2.00. The number of esters is 1. The van der Waals surface area contributed by atoms with E-state index in [1.165, 1.54) is 0 Å². The lowest BCUT2D eigenvalue weighted by atomic mass is 10.2. The van der Waals surface area contributed by atoms with Gasteiger partial charge < -0.3 is 10.5 Å². The highest BCUT2D eigenvalue weighted by Gasteiger charge is 2.26. The third-order valence-electron chi connectivity index (χ3n) is 1.84. The summed E-state index contributed by atoms with van der Waals surface area (Å²) in [6.07, 6.45) is 0. The molecule has 0 aromatic carbocycles. The number of aryl methyl sites for hydroxylation is 1. The standard InChI is InChI=1S/C7H7N3O2/c1-3-5(8)4-2-12-7(11)6(4)10-9-3/h2H2,1H3,(H2,8,10). The maximum absolute atomic E-state index is 10.9. The summed E-state index contributed by atoms with van der Waals surface area (Å²) < 4.78 is 4.74. The Kier molecular flexibility index (Phi) is 1.27. The fraction of sp³-hybridized carbons (Fsp3) is 0.286. The quantitative estimate of drug-likeness (QED) is 0.549. The number of rotatable bonds is 0. The van der Waals surface area contributed by atoms with E-state index in [9.17, 15) is 4.79 Å². The number of carbonyl (C=O) groups excluding carboxylic acids is 1. The normalized spacial score (nSPS) is 14.2. The van der Waals surface area contributed by atoms with Crippen molar-refractivity contribution in [3.8, 4) is 0 Å². The van der Waals surface area contributed by atoms with Gasteiger partial charge in [0.1, 0.15) is 6.61 Å². The van der Waals surface area contributed by atoms with Crippen LogP contribution in [0, 0.1) is 6.92 Å². The number of nitrogen functional groups attached to an aromatic ring is 1. The van der Waals surface area contributed by atoms with Crippen LogP contribution < -0.4 is 5.73 Å². The van der Waals surface area contributed by atoms with E-state index in [0.717, 1.165) is 0 Å². The van der Waals surface area contributed by atoms with Gasteiger partial charge in [-0.1, -0.05) is 0 Å². The minimum Gasteiger partial charge on any atom is -0.456 e. The Labute approximate surface area is 68.5 Å². The zero-order valence-corrected chi connectivity index (χ0v) is 6.50. The van der Waals surface area contributed by atoms with Gasteiger partial charge in [0, 0.05) is 5.56 Å². The van der Waals surface area contributed by atoms with E-state index in [0.29, 0.717) is 16.9 Å². The van der Waals surface area contributed by atoms with Crippen LogP contribution in [0.3, 0.4) is 0 Å². The zero-order valence-electron chi connectivity index (χ0n) is 6.50. The van der Waals surface area contributed by atoms with Gasteiger partial charge in [0.15, 0.2) is 5.69 Å². The Morgan fingerprint density at radius 2 is 2.25 bits per heavy atom. The summed E-state index contributed by atoms with van der Waals surface area (Å²) in [6.45, 7) is 1.96. The number of carbonyl (C=O) groups is 1. The molecule has 0 unspecified atom stereocenters. The van der Waals surface area contributed by atoms with E-state index in [1.54, 1.807) is 6.92 Å². The summed E-state index contributed by atoms with van der Waals surface area (Å²) in [6, 6.07) is 0. The van der Waals surface area contributed by atoms with Gasteiger partial charge in [-0.15, -0.1) is 5.10 Å². The molecule has 1 aliphatic rings. The highest BCUT2D eigenvalue weighted by atomic mass is 16.5. The summed E-state index contributed by atoms with van der Waals surface area (Å²) >= 11 is 0. The predicted molar refractivity (Wildman–Crippen MR) is 40.3 cm³/mol. The molecule has 2 heterocycles. The molecule has 12 heavy (non-hydrogen) atoms. The Bertz CT molecular complexity index is 362. The molecule has 2 rings (SSSR count). The van der Waals surface area contributed by atoms with Crippen LogP contribution in [0.4, 0.5) is 5.69 Å². The Balaban J connectivity index is 2.68. The summed E-state index contributed by atoms with van der Waals surface area (Å²) in [5.74, 6) is -0.441. The molecule has 0 radical (unpaired) electrons. The number of nitrogens with two attached hydrogens (primary N) is 1. The van der Waals surface area contributed by atoms with Gasteiger partial charge in [0.2, 0.25) is 0 Å². The summed E-state index contributed by atoms with van der Waals surface area (Å²) in [5.41, 5.74) is 7.71. The molecule has 2 N–H and O–H groups in total. The Morgan fingerprint density at radius 1 is 1.50 bits per heavy atom. The van der Waals surface area contributed by atoms with Crippen LogP contribution in [0.1, 0.15) is 21.7 Å². The van der Waals surface area contributed by atoms with Crippen molar-refractivity contribution in [1.29, 1.82) is 0 Å². The Hall–Kier alpha value is -1.65. The van der Waals surface area contributed by atoms with Crippen LogP contribution in [-0.4, -0.2) is 16.2 Å². The molecule has 0 atom stereocenters. The fourth-order valence-corrected chi connectivity index (χ4v) is 1.10. The first-order valence-corrected chi connectivity index (χ1v) is 3.49. The predicted octanol–water partition coefficient (Wildman–Crippen LogP) is 0.0376. The smallest absolute Gasteiger partial charge is 0.359 e. The maximum Gasteiger partial charge on any atom is 0.359 e. The molecule has 1 aromatic rings. The van der Waals surface area contributed by atoms with E-state index < -0.39 is 5.97 Å². The SMILES string of the molecule is Cc1nnc2c(c1N)COC2=O. The Morgan fingerprint density at radius 3 is 3.00 bits per heavy atom. The van der Waals surface area contributed by atoms with Gasteiger partial charge in [-0.05, 0) is 6.92 Å². The van der Waals surface area contributed by atoms with Crippen LogP contribution in [0.25, 0.3) is 0 Å². The topological polar surface area (TPSA) is 78.1 Å². The molecule has 5 heteroatoms. The third kappa shape index (κ3) is 0.761. The summed E-state index contributed by atoms with van der Waals surface area (Å²) in [7, 11) is 0. The van der Waals surface area contributed by atoms with Crippen molar-refractivity contribution in [3.05, 3.63) is 17.0 Å². The maximum atomic E-state index is 10.9. The lowest BCUT2D eigenvalue weighted by molar-refractivity contribution is 0.0530. The van der Waals surface area contributed by atoms with Gasteiger partial charge in [-0.3, -0.25) is 0 Å². The third-order valence-corrected chi connectivity index (χ3v) is 1.84. The first-order valence-electron chi connectivity index (χ1n) is 3.49. The second-order valence-electron chi connectivity index (χ2n) is 2.60. The molecule has 0 spiro atoms. The lowest BCUT2D eigenvalue weighted by Crippen LogP contribution is -2.04. The zero-order chi connectivity index (χ0) is 8.72. The minimum atomic E-state index is -0.441. The number of nitrogens with zero attached hydrogens (tertiary/aromatic N) is 2. The molecule has 0 saturated carbocycles. The molecule has 0 saturated heterocycles. The van der Waals surface area contributed by atoms with E-state index in [2.05, 4.69) is 10.2 Å². The number of hydrogen-bond acceptors (Lipinski definition) is 5. The average molecular weight is 165 g/mol. The first-order chi connectivity index (χ1) is 5.70. The average Bonchev–Trinajstić information content (AvgIpc) is 2.41. The molecule has 62 valence electrons. The molecule has 0 bridgehead atoms. The van der Waals surface area contributed by atoms with Crippen molar-refractivity contribution in [3.63, 3.8) is 0 Å². The van der Waals surface area contributed by atoms with Crippen molar-refractivity contribution >= 4 is 11.7 Å². The van der Waals surface area contributed by atoms with Crippen LogP contribution in [-0.2, 0) is 11.3 Å². The molecule has 0 amide bonds. The van der Waals surface area contributed by atoms with Gasteiger partial charge >= 0.3 is 5.97 Å². The van der Waals surface area contributed by atoms with E-state index in [-0.39, 0.29) is 12.3 Å². The molecular weight excluding hydrogens is 158 g/mol. The van der Waals surface area contributed by atoms with Crippen molar-refractivity contribution in [2.45, 2.75) is 13.5 Å². The second kappa shape index (κ2) is 2.17. The molecule has 1 aliphatic heterocycles. The van der Waals surface area contributed by atoms with Crippen LogP contribution >= 0.6 is 0 Å². The van der Waals surface area contributed by atoms with Crippen LogP contribution in [0.15, 0.2) is 0 Å². The number of hydrogen-bond donors (Lipinski definition) is 1. The monoisotopic (exact) mass is 165 g/mol. The second-order valence-corrected chi connectivity index (χ2v) is 2.60. The van der Waals surface area contributed by atoms with E-state index in [1.807, 2.05) is 0 Å². The van der Waals surface area contributed by atoms with Crippen LogP contribution in [0.2, 0.25) is 0 Å².